The fourth-order valence-corrected chi connectivity index (χ4v) is 4.48. The molecule has 0 saturated heterocycles. The minimum absolute atomic E-state index is 0.0262. The summed E-state index contributed by atoms with van der Waals surface area (Å²) in [4.78, 5) is 18.0. The molecule has 0 fully saturated rings. The van der Waals surface area contributed by atoms with Crippen LogP contribution in [-0.4, -0.2) is 45.4 Å². The van der Waals surface area contributed by atoms with E-state index in [0.29, 0.717) is 10.6 Å². The number of hydrogen-bond acceptors (Lipinski definition) is 6. The van der Waals surface area contributed by atoms with E-state index in [9.17, 15) is 13.2 Å². The summed E-state index contributed by atoms with van der Waals surface area (Å²) in [6.07, 6.45) is 0. The van der Waals surface area contributed by atoms with Gasteiger partial charge < -0.3 is 9.64 Å². The van der Waals surface area contributed by atoms with Gasteiger partial charge >= 0.3 is 0 Å². The summed E-state index contributed by atoms with van der Waals surface area (Å²) in [6, 6.07) is 4.88. The normalized spacial score (nSPS) is 11.2. The lowest BCUT2D eigenvalue weighted by atomic mass is 10.2. The second-order valence-corrected chi connectivity index (χ2v) is 8.04. The third kappa shape index (κ3) is 3.68. The molecule has 1 aromatic heterocycles. The summed E-state index contributed by atoms with van der Waals surface area (Å²) in [5, 5.41) is 0.140. The van der Waals surface area contributed by atoms with E-state index < -0.39 is 10.0 Å². The Kier molecular flexibility index (Phi) is 5.14. The van der Waals surface area contributed by atoms with Crippen LogP contribution in [0.25, 0.3) is 0 Å². The van der Waals surface area contributed by atoms with Gasteiger partial charge in [-0.3, -0.25) is 9.52 Å². The van der Waals surface area contributed by atoms with Crippen molar-refractivity contribution in [1.82, 2.24) is 9.88 Å². The third-order valence-corrected chi connectivity index (χ3v) is 5.78. The van der Waals surface area contributed by atoms with E-state index in [1.807, 2.05) is 0 Å². The van der Waals surface area contributed by atoms with Gasteiger partial charge in [-0.1, -0.05) is 17.4 Å². The number of thiazole rings is 1. The van der Waals surface area contributed by atoms with Crippen molar-refractivity contribution < 1.29 is 17.9 Å². The van der Waals surface area contributed by atoms with Crippen LogP contribution in [0, 0.1) is 13.8 Å². The fourth-order valence-electron chi connectivity index (χ4n) is 2.01. The monoisotopic (exact) mass is 369 g/mol. The SMILES string of the molecule is COc1ccc(C)cc1S(=O)(=O)Nc1nc(C)c(C(=O)N(C)C)s1. The van der Waals surface area contributed by atoms with E-state index in [2.05, 4.69) is 9.71 Å². The molecule has 0 unspecified atom stereocenters. The van der Waals surface area contributed by atoms with Gasteiger partial charge in [-0.2, -0.15) is 0 Å². The molecule has 2 rings (SSSR count). The van der Waals surface area contributed by atoms with Crippen LogP contribution >= 0.6 is 11.3 Å². The maximum absolute atomic E-state index is 12.6. The molecule has 0 aliphatic carbocycles. The Labute approximate surface area is 145 Å². The molecule has 0 radical (unpaired) electrons. The molecular weight excluding hydrogens is 350 g/mol. The van der Waals surface area contributed by atoms with Crippen molar-refractivity contribution in [3.63, 3.8) is 0 Å². The quantitative estimate of drug-likeness (QED) is 0.873. The van der Waals surface area contributed by atoms with Crippen molar-refractivity contribution in [1.29, 1.82) is 0 Å². The van der Waals surface area contributed by atoms with E-state index in [1.54, 1.807) is 40.1 Å². The number of hydrogen-bond donors (Lipinski definition) is 1. The predicted molar refractivity (Wildman–Crippen MR) is 93.4 cm³/mol. The highest BCUT2D eigenvalue weighted by molar-refractivity contribution is 7.93. The molecule has 1 amide bonds. The number of aromatic nitrogens is 1. The van der Waals surface area contributed by atoms with E-state index in [-0.39, 0.29) is 21.7 Å². The Morgan fingerprint density at radius 1 is 1.29 bits per heavy atom. The first-order valence-corrected chi connectivity index (χ1v) is 9.32. The van der Waals surface area contributed by atoms with Gasteiger partial charge in [0.15, 0.2) is 5.13 Å². The van der Waals surface area contributed by atoms with Crippen LogP contribution in [0.15, 0.2) is 23.1 Å². The fraction of sp³-hybridized carbons (Fsp3) is 0.333. The Bertz CT molecular complexity index is 873. The number of anilines is 1. The molecule has 0 spiro atoms. The van der Waals surface area contributed by atoms with Gasteiger partial charge in [0, 0.05) is 14.1 Å². The van der Waals surface area contributed by atoms with E-state index in [1.165, 1.54) is 18.1 Å². The van der Waals surface area contributed by atoms with Crippen LogP contribution < -0.4 is 9.46 Å². The Morgan fingerprint density at radius 3 is 2.54 bits per heavy atom. The summed E-state index contributed by atoms with van der Waals surface area (Å²) in [7, 11) is 0.784. The van der Waals surface area contributed by atoms with E-state index in [4.69, 9.17) is 4.74 Å². The average molecular weight is 369 g/mol. The molecule has 0 aliphatic heterocycles. The van der Waals surface area contributed by atoms with Crippen LogP contribution in [0.5, 0.6) is 5.75 Å². The third-order valence-electron chi connectivity index (χ3n) is 3.23. The van der Waals surface area contributed by atoms with Gasteiger partial charge in [0.1, 0.15) is 15.5 Å². The van der Waals surface area contributed by atoms with Crippen LogP contribution in [0.3, 0.4) is 0 Å². The molecule has 24 heavy (non-hydrogen) atoms. The molecule has 0 saturated carbocycles. The second-order valence-electron chi connectivity index (χ2n) is 5.39. The maximum Gasteiger partial charge on any atom is 0.267 e. The zero-order chi connectivity index (χ0) is 18.1. The Balaban J connectivity index is 2.39. The molecule has 0 atom stereocenters. The summed E-state index contributed by atoms with van der Waals surface area (Å²) in [6.45, 7) is 3.46. The molecule has 0 bridgehead atoms. The van der Waals surface area contributed by atoms with Crippen LogP contribution in [0.4, 0.5) is 5.13 Å². The first kappa shape index (κ1) is 18.2. The van der Waals surface area contributed by atoms with E-state index in [0.717, 1.165) is 16.9 Å². The first-order chi connectivity index (χ1) is 11.2. The first-order valence-electron chi connectivity index (χ1n) is 7.02. The lowest BCUT2D eigenvalue weighted by Gasteiger charge is -2.10. The van der Waals surface area contributed by atoms with Crippen molar-refractivity contribution in [2.75, 3.05) is 25.9 Å². The molecule has 130 valence electrons. The van der Waals surface area contributed by atoms with Gasteiger partial charge in [-0.25, -0.2) is 13.4 Å². The number of methoxy groups -OCH3 is 1. The van der Waals surface area contributed by atoms with Crippen molar-refractivity contribution >= 4 is 32.4 Å². The lowest BCUT2D eigenvalue weighted by molar-refractivity contribution is 0.0831. The number of carbonyl (C=O) groups is 1. The van der Waals surface area contributed by atoms with Crippen LogP contribution in [0.1, 0.15) is 20.9 Å². The van der Waals surface area contributed by atoms with Crippen LogP contribution in [-0.2, 0) is 10.0 Å². The van der Waals surface area contributed by atoms with Crippen LogP contribution in [0.2, 0.25) is 0 Å². The highest BCUT2D eigenvalue weighted by atomic mass is 32.2. The highest BCUT2D eigenvalue weighted by Gasteiger charge is 2.23. The summed E-state index contributed by atoms with van der Waals surface area (Å²) >= 11 is 1.00. The van der Waals surface area contributed by atoms with Crippen molar-refractivity contribution in [2.45, 2.75) is 18.7 Å². The van der Waals surface area contributed by atoms with Gasteiger partial charge in [-0.15, -0.1) is 0 Å². The zero-order valence-corrected chi connectivity index (χ0v) is 15.7. The molecular formula is C15H19N3O4S2. The maximum atomic E-state index is 12.6. The number of carbonyl (C=O) groups excluding carboxylic acids is 1. The number of nitrogens with zero attached hydrogens (tertiary/aromatic N) is 2. The molecule has 0 aliphatic rings. The molecule has 7 nitrogen and oxygen atoms in total. The zero-order valence-electron chi connectivity index (χ0n) is 14.1. The summed E-state index contributed by atoms with van der Waals surface area (Å²) < 4.78 is 32.8. The second kappa shape index (κ2) is 6.78. The molecule has 1 heterocycles. The minimum Gasteiger partial charge on any atom is -0.495 e. The number of ether oxygens (including phenoxy) is 1. The number of nitrogens with one attached hydrogen (secondary N) is 1. The highest BCUT2D eigenvalue weighted by Crippen LogP contribution is 2.29. The molecule has 1 aromatic carbocycles. The smallest absolute Gasteiger partial charge is 0.267 e. The van der Waals surface area contributed by atoms with Crippen molar-refractivity contribution in [3.8, 4) is 5.75 Å². The van der Waals surface area contributed by atoms with Gasteiger partial charge in [0.25, 0.3) is 15.9 Å². The molecule has 1 N–H and O–H groups in total. The number of benzene rings is 1. The van der Waals surface area contributed by atoms with Crippen molar-refractivity contribution in [3.05, 3.63) is 34.3 Å². The average Bonchev–Trinajstić information content (AvgIpc) is 2.85. The van der Waals surface area contributed by atoms with E-state index >= 15 is 0 Å². The van der Waals surface area contributed by atoms with Gasteiger partial charge in [-0.05, 0) is 31.5 Å². The number of aryl methyl sites for hydroxylation is 2. The lowest BCUT2D eigenvalue weighted by Crippen LogP contribution is -2.21. The predicted octanol–water partition coefficient (Wildman–Crippen LogP) is 2.27. The molecule has 9 heteroatoms. The Morgan fingerprint density at radius 2 is 1.96 bits per heavy atom. The number of sulfonamides is 1. The van der Waals surface area contributed by atoms with Gasteiger partial charge in [0.05, 0.1) is 12.8 Å². The minimum atomic E-state index is -3.88. The Hall–Kier alpha value is -2.13. The summed E-state index contributed by atoms with van der Waals surface area (Å²) in [5.74, 6) is 0.0227. The van der Waals surface area contributed by atoms with Gasteiger partial charge in [0.2, 0.25) is 0 Å². The molecule has 2 aromatic rings. The standard InChI is InChI=1S/C15H19N3O4S2/c1-9-6-7-11(22-5)12(8-9)24(20,21)17-15-16-10(2)13(23-15)14(19)18(3)4/h6-8H,1-5H3,(H,16,17). The topological polar surface area (TPSA) is 88.6 Å². The largest absolute Gasteiger partial charge is 0.495 e. The van der Waals surface area contributed by atoms with Crippen molar-refractivity contribution in [2.24, 2.45) is 0 Å². The number of amides is 1. The summed E-state index contributed by atoms with van der Waals surface area (Å²) in [5.41, 5.74) is 1.27. The number of rotatable bonds is 5.